The number of hydrogen-bond donors (Lipinski definition) is 2. The molecule has 0 bridgehead atoms. The number of thioether (sulfide) groups is 1. The highest BCUT2D eigenvalue weighted by molar-refractivity contribution is 7.99. The largest absolute Gasteiger partial charge is 0.398 e. The Kier molecular flexibility index (Phi) is 5.23. The molecule has 1 fully saturated rings. The van der Waals surface area contributed by atoms with Crippen molar-refractivity contribution >= 4 is 39.1 Å². The number of benzene rings is 1. The normalized spacial score (nSPS) is 23.7. The molecule has 112 valence electrons. The van der Waals surface area contributed by atoms with Gasteiger partial charge >= 0.3 is 0 Å². The number of rotatable bonds is 4. The van der Waals surface area contributed by atoms with E-state index in [2.05, 4.69) is 4.72 Å². The number of anilines is 1. The van der Waals surface area contributed by atoms with Gasteiger partial charge in [0.25, 0.3) is 0 Å². The van der Waals surface area contributed by atoms with Crippen LogP contribution in [0.2, 0.25) is 5.02 Å². The third-order valence-electron chi connectivity index (χ3n) is 3.58. The maximum absolute atomic E-state index is 12.5. The van der Waals surface area contributed by atoms with E-state index in [1.54, 1.807) is 17.8 Å². The molecule has 20 heavy (non-hydrogen) atoms. The molecule has 2 unspecified atom stereocenters. The number of halogens is 1. The van der Waals surface area contributed by atoms with Crippen LogP contribution in [0.5, 0.6) is 0 Å². The number of nitrogen functional groups attached to an aromatic ring is 1. The van der Waals surface area contributed by atoms with Crippen molar-refractivity contribution in [1.82, 2.24) is 4.72 Å². The Hall–Kier alpha value is -0.430. The lowest BCUT2D eigenvalue weighted by Gasteiger charge is -2.30. The minimum atomic E-state index is -3.63. The monoisotopic (exact) mass is 334 g/mol. The zero-order valence-electron chi connectivity index (χ0n) is 11.3. The van der Waals surface area contributed by atoms with E-state index in [0.29, 0.717) is 10.3 Å². The third kappa shape index (κ3) is 3.61. The Morgan fingerprint density at radius 2 is 2.05 bits per heavy atom. The summed E-state index contributed by atoms with van der Waals surface area (Å²) in [6, 6.07) is 4.46. The highest BCUT2D eigenvalue weighted by atomic mass is 35.5. The summed E-state index contributed by atoms with van der Waals surface area (Å²) in [6.07, 6.45) is 6.13. The molecule has 2 rings (SSSR count). The lowest BCUT2D eigenvalue weighted by molar-refractivity contribution is 0.423. The van der Waals surface area contributed by atoms with E-state index in [-0.39, 0.29) is 16.6 Å². The molecular formula is C13H19ClN2O2S2. The second kappa shape index (κ2) is 6.56. The van der Waals surface area contributed by atoms with E-state index in [0.717, 1.165) is 25.7 Å². The van der Waals surface area contributed by atoms with Gasteiger partial charge in [-0.1, -0.05) is 24.4 Å². The molecule has 1 aromatic carbocycles. The summed E-state index contributed by atoms with van der Waals surface area (Å²) >= 11 is 7.58. The molecule has 0 heterocycles. The molecule has 0 saturated heterocycles. The summed E-state index contributed by atoms with van der Waals surface area (Å²) in [5.74, 6) is 0. The van der Waals surface area contributed by atoms with Crippen LogP contribution in [-0.2, 0) is 10.0 Å². The fourth-order valence-corrected chi connectivity index (χ4v) is 5.24. The standard InChI is InChI=1S/C13H19ClN2O2S2/c1-19-12-5-3-2-4-11(12)16-20(17,18)13-8-9(14)6-7-10(13)15/h6-8,11-12,16H,2-5,15H2,1H3. The average Bonchev–Trinajstić information content (AvgIpc) is 2.41. The minimum Gasteiger partial charge on any atom is -0.398 e. The van der Waals surface area contributed by atoms with Crippen LogP contribution in [0.25, 0.3) is 0 Å². The Balaban J connectivity index is 2.24. The molecule has 2 atom stereocenters. The van der Waals surface area contributed by atoms with Gasteiger partial charge in [-0.3, -0.25) is 0 Å². The lowest BCUT2D eigenvalue weighted by Crippen LogP contribution is -2.43. The van der Waals surface area contributed by atoms with Crippen LogP contribution in [0.15, 0.2) is 23.1 Å². The van der Waals surface area contributed by atoms with Gasteiger partial charge in [-0.05, 0) is 37.3 Å². The molecule has 1 aromatic rings. The van der Waals surface area contributed by atoms with E-state index >= 15 is 0 Å². The van der Waals surface area contributed by atoms with E-state index < -0.39 is 10.0 Å². The molecule has 0 radical (unpaired) electrons. The van der Waals surface area contributed by atoms with Crippen molar-refractivity contribution in [3.8, 4) is 0 Å². The fourth-order valence-electron chi connectivity index (χ4n) is 2.52. The Labute approximate surface area is 129 Å². The summed E-state index contributed by atoms with van der Waals surface area (Å²) in [4.78, 5) is 0.0652. The van der Waals surface area contributed by atoms with Gasteiger partial charge in [0.1, 0.15) is 4.90 Å². The van der Waals surface area contributed by atoms with E-state index in [1.807, 2.05) is 6.26 Å². The van der Waals surface area contributed by atoms with Gasteiger partial charge in [0.05, 0.1) is 5.69 Å². The average molecular weight is 335 g/mol. The lowest BCUT2D eigenvalue weighted by atomic mass is 9.96. The maximum atomic E-state index is 12.5. The predicted octanol–water partition coefficient (Wildman–Crippen LogP) is 2.87. The number of nitrogens with two attached hydrogens (primary N) is 1. The topological polar surface area (TPSA) is 72.2 Å². The molecule has 0 aliphatic heterocycles. The highest BCUT2D eigenvalue weighted by Gasteiger charge is 2.29. The van der Waals surface area contributed by atoms with Crippen molar-refractivity contribution < 1.29 is 8.42 Å². The van der Waals surface area contributed by atoms with Crippen molar-refractivity contribution in [3.63, 3.8) is 0 Å². The number of hydrogen-bond acceptors (Lipinski definition) is 4. The molecule has 1 aliphatic carbocycles. The zero-order valence-corrected chi connectivity index (χ0v) is 13.7. The number of nitrogens with one attached hydrogen (secondary N) is 1. The second-order valence-electron chi connectivity index (χ2n) is 4.97. The molecule has 0 amide bonds. The van der Waals surface area contributed by atoms with Gasteiger partial charge in [0.15, 0.2) is 0 Å². The molecule has 0 spiro atoms. The predicted molar refractivity (Wildman–Crippen MR) is 85.7 cm³/mol. The van der Waals surface area contributed by atoms with Crippen molar-refractivity contribution in [2.45, 2.75) is 41.9 Å². The minimum absolute atomic E-state index is 0.0397. The maximum Gasteiger partial charge on any atom is 0.242 e. The van der Waals surface area contributed by atoms with Gasteiger partial charge in [0, 0.05) is 16.3 Å². The first-order valence-electron chi connectivity index (χ1n) is 6.54. The SMILES string of the molecule is CSC1CCCCC1NS(=O)(=O)c1cc(Cl)ccc1N. The summed E-state index contributed by atoms with van der Waals surface area (Å²) in [7, 11) is -3.63. The molecular weight excluding hydrogens is 316 g/mol. The zero-order chi connectivity index (χ0) is 14.8. The van der Waals surface area contributed by atoms with Crippen LogP contribution >= 0.6 is 23.4 Å². The van der Waals surface area contributed by atoms with Gasteiger partial charge in [-0.25, -0.2) is 13.1 Å². The Morgan fingerprint density at radius 3 is 2.75 bits per heavy atom. The van der Waals surface area contributed by atoms with Gasteiger partial charge in [-0.15, -0.1) is 0 Å². The van der Waals surface area contributed by atoms with Crippen LogP contribution in [0, 0.1) is 0 Å². The molecule has 4 nitrogen and oxygen atoms in total. The summed E-state index contributed by atoms with van der Waals surface area (Å²) < 4.78 is 27.7. The van der Waals surface area contributed by atoms with Crippen LogP contribution in [-0.4, -0.2) is 26.0 Å². The first-order valence-corrected chi connectivity index (χ1v) is 9.69. The summed E-state index contributed by atoms with van der Waals surface area (Å²) in [5, 5.41) is 0.684. The Morgan fingerprint density at radius 1 is 1.35 bits per heavy atom. The Bertz CT molecular complexity index is 578. The van der Waals surface area contributed by atoms with Crippen LogP contribution in [0.1, 0.15) is 25.7 Å². The van der Waals surface area contributed by atoms with Crippen LogP contribution in [0.3, 0.4) is 0 Å². The van der Waals surface area contributed by atoms with Crippen LogP contribution < -0.4 is 10.5 Å². The molecule has 7 heteroatoms. The molecule has 0 aromatic heterocycles. The summed E-state index contributed by atoms with van der Waals surface area (Å²) in [6.45, 7) is 0. The van der Waals surface area contributed by atoms with Crippen LogP contribution in [0.4, 0.5) is 5.69 Å². The van der Waals surface area contributed by atoms with Gasteiger partial charge < -0.3 is 5.73 Å². The van der Waals surface area contributed by atoms with E-state index in [9.17, 15) is 8.42 Å². The smallest absolute Gasteiger partial charge is 0.242 e. The molecule has 3 N–H and O–H groups in total. The number of sulfonamides is 1. The highest BCUT2D eigenvalue weighted by Crippen LogP contribution is 2.29. The van der Waals surface area contributed by atoms with E-state index in [1.165, 1.54) is 12.1 Å². The van der Waals surface area contributed by atoms with Gasteiger partial charge in [0.2, 0.25) is 10.0 Å². The first-order chi connectivity index (χ1) is 9.44. The van der Waals surface area contributed by atoms with Crippen molar-refractivity contribution in [1.29, 1.82) is 0 Å². The molecule has 1 saturated carbocycles. The van der Waals surface area contributed by atoms with Gasteiger partial charge in [-0.2, -0.15) is 11.8 Å². The third-order valence-corrected chi connectivity index (χ3v) is 6.53. The molecule has 1 aliphatic rings. The first kappa shape index (κ1) is 15.9. The van der Waals surface area contributed by atoms with Crippen molar-refractivity contribution in [2.24, 2.45) is 0 Å². The second-order valence-corrected chi connectivity index (χ2v) is 8.16. The summed E-state index contributed by atoms with van der Waals surface area (Å²) in [5.41, 5.74) is 5.99. The van der Waals surface area contributed by atoms with Crippen molar-refractivity contribution in [3.05, 3.63) is 23.2 Å². The van der Waals surface area contributed by atoms with Crippen molar-refractivity contribution in [2.75, 3.05) is 12.0 Å². The van der Waals surface area contributed by atoms with E-state index in [4.69, 9.17) is 17.3 Å². The fraction of sp³-hybridized carbons (Fsp3) is 0.538. The quantitative estimate of drug-likeness (QED) is 0.830.